The summed E-state index contributed by atoms with van der Waals surface area (Å²) in [5, 5.41) is 12.1. The summed E-state index contributed by atoms with van der Waals surface area (Å²) in [5.41, 5.74) is 2.38. The molecule has 0 saturated heterocycles. The summed E-state index contributed by atoms with van der Waals surface area (Å²) >= 11 is 0. The van der Waals surface area contributed by atoms with Gasteiger partial charge in [-0.05, 0) is 171 Å². The van der Waals surface area contributed by atoms with Gasteiger partial charge in [-0.2, -0.15) is 0 Å². The molecule has 4 rings (SSSR count). The topological polar surface area (TPSA) is 47.9 Å². The number of hydrogen-bond donors (Lipinski definition) is 1. The number of phenolic OH excluding ortho intramolecular Hbond substituents is 1. The van der Waals surface area contributed by atoms with E-state index in [2.05, 4.69) is 110 Å². The van der Waals surface area contributed by atoms with Crippen LogP contribution in [-0.4, -0.2) is 38.7 Å². The lowest BCUT2D eigenvalue weighted by Crippen LogP contribution is -2.56. The summed E-state index contributed by atoms with van der Waals surface area (Å²) < 4.78 is 23.0. The van der Waals surface area contributed by atoms with E-state index in [0.29, 0.717) is 12.2 Å². The molecule has 0 heterocycles. The largest absolute Gasteiger partial charge is 0.508 e. The predicted octanol–water partition coefficient (Wildman–Crippen LogP) is 16.0. The number of aromatic hydroxyl groups is 1. The monoisotopic (exact) mass is 809 g/mol. The molecule has 0 radical (unpaired) electrons. The second-order valence-corrected chi connectivity index (χ2v) is 21.9. The quantitative estimate of drug-likeness (QED) is 0.134. The fourth-order valence-electron chi connectivity index (χ4n) is 14.5. The van der Waals surface area contributed by atoms with Gasteiger partial charge in [0, 0.05) is 24.8 Å². The summed E-state index contributed by atoms with van der Waals surface area (Å²) in [6.45, 7) is 35.4. The standard InChI is InChI=1S/C54H96O4/c1-16-49(17-2)33-25-28-36-52(49,22-7)56-46(10,11)39-42-31-32-45(55)44(41-48(14,15)58-54(24-9)38-30-27-35-51(54,20-5)21-6)43(42)40-47(12,13)57-53(23-8)37-29-26-34-50(53,18-3)19-4/h31-32,55H,16-30,33-41H2,1-15H3. The number of hydrogen-bond acceptors (Lipinski definition) is 4. The summed E-state index contributed by atoms with van der Waals surface area (Å²) in [6.07, 6.45) is 26.9. The van der Waals surface area contributed by atoms with Crippen LogP contribution in [0.25, 0.3) is 0 Å². The summed E-state index contributed by atoms with van der Waals surface area (Å²) in [5.74, 6) is 0.393. The van der Waals surface area contributed by atoms with Gasteiger partial charge >= 0.3 is 0 Å². The minimum Gasteiger partial charge on any atom is -0.508 e. The lowest BCUT2D eigenvalue weighted by molar-refractivity contribution is -0.225. The molecule has 0 aliphatic heterocycles. The molecule has 3 fully saturated rings. The smallest absolute Gasteiger partial charge is 0.119 e. The van der Waals surface area contributed by atoms with Crippen LogP contribution in [0, 0.1) is 16.2 Å². The Morgan fingerprint density at radius 1 is 0.414 bits per heavy atom. The van der Waals surface area contributed by atoms with Crippen LogP contribution in [-0.2, 0) is 33.5 Å². The van der Waals surface area contributed by atoms with Gasteiger partial charge in [0.15, 0.2) is 0 Å². The Hall–Kier alpha value is -1.10. The van der Waals surface area contributed by atoms with Crippen molar-refractivity contribution >= 4 is 0 Å². The Kier molecular flexibility index (Phi) is 16.3. The van der Waals surface area contributed by atoms with Crippen LogP contribution in [0.1, 0.15) is 255 Å². The van der Waals surface area contributed by atoms with E-state index in [4.69, 9.17) is 14.2 Å². The van der Waals surface area contributed by atoms with Crippen LogP contribution in [0.4, 0.5) is 0 Å². The first-order valence-corrected chi connectivity index (χ1v) is 25.1. The molecule has 3 saturated carbocycles. The molecule has 1 aromatic rings. The average Bonchev–Trinajstić information content (AvgIpc) is 3.20. The molecule has 0 spiro atoms. The van der Waals surface area contributed by atoms with E-state index in [1.54, 1.807) is 0 Å². The zero-order chi connectivity index (χ0) is 43.3. The lowest BCUT2D eigenvalue weighted by atomic mass is 9.58. The maximum absolute atomic E-state index is 12.1. The number of ether oxygens (including phenoxy) is 3. The predicted molar refractivity (Wildman–Crippen MR) is 248 cm³/mol. The molecule has 58 heavy (non-hydrogen) atoms. The molecule has 3 aliphatic carbocycles. The lowest BCUT2D eigenvalue weighted by Gasteiger charge is -2.56. The zero-order valence-corrected chi connectivity index (χ0v) is 41.3. The molecule has 336 valence electrons. The van der Waals surface area contributed by atoms with Crippen molar-refractivity contribution in [1.29, 1.82) is 0 Å². The third-order valence-corrected chi connectivity index (χ3v) is 17.9. The van der Waals surface area contributed by atoms with E-state index < -0.39 is 16.8 Å². The molecule has 0 aromatic heterocycles. The Bertz CT molecular complexity index is 1440. The van der Waals surface area contributed by atoms with Crippen molar-refractivity contribution in [2.75, 3.05) is 0 Å². The van der Waals surface area contributed by atoms with Crippen molar-refractivity contribution in [2.24, 2.45) is 16.2 Å². The van der Waals surface area contributed by atoms with Crippen molar-refractivity contribution in [3.8, 4) is 5.75 Å². The molecular formula is C54H96O4. The van der Waals surface area contributed by atoms with E-state index in [-0.39, 0.29) is 33.0 Å². The van der Waals surface area contributed by atoms with E-state index in [1.807, 2.05) is 6.07 Å². The summed E-state index contributed by atoms with van der Waals surface area (Å²) in [4.78, 5) is 0. The van der Waals surface area contributed by atoms with Gasteiger partial charge in [0.2, 0.25) is 0 Å². The minimum atomic E-state index is -0.478. The molecule has 1 N–H and O–H groups in total. The fraction of sp³-hybridized carbons (Fsp3) is 0.889. The highest BCUT2D eigenvalue weighted by molar-refractivity contribution is 5.47. The fourth-order valence-corrected chi connectivity index (χ4v) is 14.5. The third kappa shape index (κ3) is 9.45. The van der Waals surface area contributed by atoms with Gasteiger partial charge in [-0.1, -0.05) is 107 Å². The van der Waals surface area contributed by atoms with Crippen LogP contribution in [0.2, 0.25) is 0 Å². The van der Waals surface area contributed by atoms with Gasteiger partial charge in [-0.25, -0.2) is 0 Å². The van der Waals surface area contributed by atoms with E-state index in [9.17, 15) is 5.11 Å². The first-order chi connectivity index (χ1) is 27.2. The summed E-state index contributed by atoms with van der Waals surface area (Å²) in [6, 6.07) is 4.21. The van der Waals surface area contributed by atoms with Crippen LogP contribution >= 0.6 is 0 Å². The Morgan fingerprint density at radius 2 is 0.707 bits per heavy atom. The molecule has 1 aromatic carbocycles. The molecular weight excluding hydrogens is 713 g/mol. The van der Waals surface area contributed by atoms with Gasteiger partial charge in [0.1, 0.15) is 5.75 Å². The summed E-state index contributed by atoms with van der Waals surface area (Å²) in [7, 11) is 0. The van der Waals surface area contributed by atoms with Gasteiger partial charge in [0.25, 0.3) is 0 Å². The highest BCUT2D eigenvalue weighted by atomic mass is 16.5. The number of benzene rings is 1. The van der Waals surface area contributed by atoms with Crippen molar-refractivity contribution in [3.05, 3.63) is 28.8 Å². The molecule has 4 heteroatoms. The van der Waals surface area contributed by atoms with Gasteiger partial charge < -0.3 is 19.3 Å². The Morgan fingerprint density at radius 3 is 1.02 bits per heavy atom. The first kappa shape index (κ1) is 49.6. The normalized spacial score (nSPS) is 27.8. The van der Waals surface area contributed by atoms with Gasteiger partial charge in [-0.15, -0.1) is 0 Å². The molecule has 3 unspecified atom stereocenters. The SMILES string of the molecule is CCC1(CC)CCCCC1(CC)OC(C)(C)Cc1ccc(O)c(CC(C)(C)OC2(CC)CCCCC2(CC)CC)c1CC(C)(C)OC1(CC)CCCCC1(CC)CC. The number of rotatable bonds is 21. The zero-order valence-electron chi connectivity index (χ0n) is 41.3. The van der Waals surface area contributed by atoms with Crippen LogP contribution in [0.3, 0.4) is 0 Å². The second-order valence-electron chi connectivity index (χ2n) is 21.9. The number of phenols is 1. The highest BCUT2D eigenvalue weighted by Crippen LogP contribution is 2.58. The molecule has 0 amide bonds. The maximum Gasteiger partial charge on any atom is 0.119 e. The van der Waals surface area contributed by atoms with Crippen molar-refractivity contribution in [2.45, 2.75) is 292 Å². The Labute approximate surface area is 360 Å². The second kappa shape index (κ2) is 19.1. The Balaban J connectivity index is 1.84. The van der Waals surface area contributed by atoms with Gasteiger partial charge in [0.05, 0.1) is 33.6 Å². The average molecular weight is 809 g/mol. The first-order valence-electron chi connectivity index (χ1n) is 25.1. The van der Waals surface area contributed by atoms with Crippen molar-refractivity contribution in [1.82, 2.24) is 0 Å². The van der Waals surface area contributed by atoms with Crippen LogP contribution in [0.5, 0.6) is 5.75 Å². The van der Waals surface area contributed by atoms with E-state index in [1.165, 1.54) is 68.9 Å². The van der Waals surface area contributed by atoms with Crippen molar-refractivity contribution < 1.29 is 19.3 Å². The van der Waals surface area contributed by atoms with Gasteiger partial charge in [-0.3, -0.25) is 0 Å². The van der Waals surface area contributed by atoms with Crippen LogP contribution in [0.15, 0.2) is 12.1 Å². The molecule has 4 nitrogen and oxygen atoms in total. The van der Waals surface area contributed by atoms with E-state index >= 15 is 0 Å². The highest BCUT2D eigenvalue weighted by Gasteiger charge is 2.55. The molecule has 3 atom stereocenters. The molecule has 3 aliphatic rings. The van der Waals surface area contributed by atoms with Crippen LogP contribution < -0.4 is 0 Å². The van der Waals surface area contributed by atoms with E-state index in [0.717, 1.165) is 95.5 Å². The third-order valence-electron chi connectivity index (χ3n) is 17.9. The van der Waals surface area contributed by atoms with Crippen molar-refractivity contribution in [3.63, 3.8) is 0 Å². The minimum absolute atomic E-state index is 0.131. The molecule has 0 bridgehead atoms. The maximum atomic E-state index is 12.1.